The van der Waals surface area contributed by atoms with Crippen LogP contribution in [0.25, 0.3) is 22.3 Å². The summed E-state index contributed by atoms with van der Waals surface area (Å²) in [5.74, 6) is 0.734. The van der Waals surface area contributed by atoms with Crippen molar-refractivity contribution >= 4 is 50.6 Å². The van der Waals surface area contributed by atoms with E-state index in [9.17, 15) is 14.7 Å². The van der Waals surface area contributed by atoms with Gasteiger partial charge in [0.15, 0.2) is 11.6 Å². The normalized spacial score (nSPS) is 11.4. The number of carboxylic acid groups (broad SMARTS) is 1. The van der Waals surface area contributed by atoms with E-state index in [0.717, 1.165) is 22.4 Å². The first-order valence-corrected chi connectivity index (χ1v) is 14.9. The highest BCUT2D eigenvalue weighted by atomic mass is 79.9. The van der Waals surface area contributed by atoms with E-state index in [1.165, 1.54) is 10.7 Å². The van der Waals surface area contributed by atoms with E-state index in [2.05, 4.69) is 34.9 Å². The number of aromatic carboxylic acids is 1. The minimum Gasteiger partial charge on any atom is -0.496 e. The first-order valence-electron chi connectivity index (χ1n) is 13.8. The number of benzene rings is 4. The summed E-state index contributed by atoms with van der Waals surface area (Å²) in [5, 5.41) is 14.6. The topological polar surface area (TPSA) is 103 Å². The number of fused-ring (bicyclic) bond motifs is 1. The fourth-order valence-corrected chi connectivity index (χ4v) is 5.83. The van der Waals surface area contributed by atoms with Gasteiger partial charge in [0.05, 0.1) is 39.3 Å². The van der Waals surface area contributed by atoms with Gasteiger partial charge >= 0.3 is 5.97 Å². The molecule has 224 valence electrons. The summed E-state index contributed by atoms with van der Waals surface area (Å²) >= 11 is 10.1. The molecule has 1 N–H and O–H groups in total. The zero-order valence-corrected chi connectivity index (χ0v) is 26.8. The van der Waals surface area contributed by atoms with Gasteiger partial charge in [0.1, 0.15) is 12.4 Å². The monoisotopic (exact) mass is 673 g/mol. The van der Waals surface area contributed by atoms with Gasteiger partial charge in [0, 0.05) is 5.56 Å². The number of ether oxygens (including phenoxy) is 2. The van der Waals surface area contributed by atoms with E-state index < -0.39 is 5.97 Å². The lowest BCUT2D eigenvalue weighted by Crippen LogP contribution is -2.20. The van der Waals surface area contributed by atoms with Crippen molar-refractivity contribution in [1.29, 1.82) is 0 Å². The Morgan fingerprint density at radius 3 is 2.59 bits per heavy atom. The van der Waals surface area contributed by atoms with Crippen LogP contribution in [-0.2, 0) is 6.61 Å². The minimum atomic E-state index is -1.01. The standard InChI is InChI=1S/C34H29BrClN3O5/c1-19(2)25-16-26(20(3)12-30(25)43-4)32-38-29-11-6-5-10-24(29)33(40)39(32)37-17-22-14-27(35)31(28(36)15-22)44-18-21-8-7-9-23(13-21)34(41)42/h5-17,19H,18H2,1-4H3,(H,41,42). The Morgan fingerprint density at radius 1 is 1.11 bits per heavy atom. The van der Waals surface area contributed by atoms with Crippen LogP contribution in [0.2, 0.25) is 5.02 Å². The molecule has 5 rings (SSSR count). The molecular weight excluding hydrogens is 646 g/mol. The van der Waals surface area contributed by atoms with Crippen molar-refractivity contribution in [2.45, 2.75) is 33.3 Å². The smallest absolute Gasteiger partial charge is 0.335 e. The molecule has 10 heteroatoms. The third-order valence-electron chi connectivity index (χ3n) is 7.09. The van der Waals surface area contributed by atoms with Crippen LogP contribution in [-0.4, -0.2) is 34.1 Å². The first kappa shape index (κ1) is 31.0. The van der Waals surface area contributed by atoms with Crippen LogP contribution >= 0.6 is 27.5 Å². The zero-order chi connectivity index (χ0) is 31.5. The number of aryl methyl sites for hydroxylation is 1. The molecule has 0 saturated heterocycles. The second-order valence-corrected chi connectivity index (χ2v) is 11.7. The molecule has 0 unspecified atom stereocenters. The number of rotatable bonds is 9. The van der Waals surface area contributed by atoms with Crippen LogP contribution in [0.3, 0.4) is 0 Å². The predicted octanol–water partition coefficient (Wildman–Crippen LogP) is 8.08. The maximum absolute atomic E-state index is 13.8. The van der Waals surface area contributed by atoms with Crippen molar-refractivity contribution in [3.8, 4) is 22.9 Å². The molecule has 8 nitrogen and oxygen atoms in total. The van der Waals surface area contributed by atoms with Crippen LogP contribution in [0.1, 0.15) is 52.4 Å². The van der Waals surface area contributed by atoms with E-state index in [1.807, 2.05) is 31.2 Å². The van der Waals surface area contributed by atoms with Gasteiger partial charge in [-0.3, -0.25) is 4.79 Å². The average molecular weight is 675 g/mol. The number of hydrogen-bond donors (Lipinski definition) is 1. The third-order valence-corrected chi connectivity index (χ3v) is 7.96. The van der Waals surface area contributed by atoms with Crippen molar-refractivity contribution in [3.05, 3.63) is 120 Å². The summed E-state index contributed by atoms with van der Waals surface area (Å²) in [7, 11) is 1.64. The predicted molar refractivity (Wildman–Crippen MR) is 177 cm³/mol. The van der Waals surface area contributed by atoms with Gasteiger partial charge < -0.3 is 14.6 Å². The molecule has 0 aliphatic heterocycles. The maximum atomic E-state index is 13.8. The molecule has 5 aromatic rings. The largest absolute Gasteiger partial charge is 0.496 e. The van der Waals surface area contributed by atoms with Crippen molar-refractivity contribution in [2.24, 2.45) is 5.10 Å². The number of nitrogens with zero attached hydrogens (tertiary/aromatic N) is 3. The minimum absolute atomic E-state index is 0.119. The quantitative estimate of drug-likeness (QED) is 0.159. The van der Waals surface area contributed by atoms with E-state index >= 15 is 0 Å². The Labute approximate surface area is 267 Å². The van der Waals surface area contributed by atoms with E-state index in [4.69, 9.17) is 26.1 Å². The Balaban J connectivity index is 1.54. The van der Waals surface area contributed by atoms with Gasteiger partial charge in [0.2, 0.25) is 0 Å². The van der Waals surface area contributed by atoms with Crippen LogP contribution in [0.4, 0.5) is 0 Å². The first-order chi connectivity index (χ1) is 21.1. The molecule has 0 aliphatic carbocycles. The van der Waals surface area contributed by atoms with Crippen molar-refractivity contribution in [1.82, 2.24) is 9.66 Å². The summed E-state index contributed by atoms with van der Waals surface area (Å²) in [6.07, 6.45) is 1.54. The molecule has 1 aromatic heterocycles. The number of carboxylic acids is 1. The number of aromatic nitrogens is 2. The van der Waals surface area contributed by atoms with Gasteiger partial charge in [0.25, 0.3) is 5.56 Å². The van der Waals surface area contributed by atoms with Crippen molar-refractivity contribution in [3.63, 3.8) is 0 Å². The number of para-hydroxylation sites is 1. The molecule has 0 saturated carbocycles. The molecule has 1 heterocycles. The molecule has 0 aliphatic rings. The van der Waals surface area contributed by atoms with Gasteiger partial charge in [-0.2, -0.15) is 9.78 Å². The van der Waals surface area contributed by atoms with Gasteiger partial charge in [-0.15, -0.1) is 0 Å². The Morgan fingerprint density at radius 2 is 1.89 bits per heavy atom. The summed E-state index contributed by atoms with van der Waals surface area (Å²) < 4.78 is 13.4. The third kappa shape index (κ3) is 6.39. The molecule has 44 heavy (non-hydrogen) atoms. The second-order valence-electron chi connectivity index (χ2n) is 10.5. The molecule has 4 aromatic carbocycles. The lowest BCUT2D eigenvalue weighted by atomic mass is 9.96. The summed E-state index contributed by atoms with van der Waals surface area (Å²) in [6, 6.07) is 21.1. The molecule has 0 atom stereocenters. The molecule has 0 fully saturated rings. The summed E-state index contributed by atoms with van der Waals surface area (Å²) in [4.78, 5) is 29.9. The fraction of sp³-hybridized carbons (Fsp3) is 0.176. The summed E-state index contributed by atoms with van der Waals surface area (Å²) in [6.45, 7) is 6.23. The zero-order valence-electron chi connectivity index (χ0n) is 24.5. The maximum Gasteiger partial charge on any atom is 0.335 e. The lowest BCUT2D eigenvalue weighted by molar-refractivity contribution is 0.0696. The lowest BCUT2D eigenvalue weighted by Gasteiger charge is -2.17. The van der Waals surface area contributed by atoms with Crippen LogP contribution in [0.15, 0.2) is 87.2 Å². The highest BCUT2D eigenvalue weighted by Gasteiger charge is 2.19. The number of hydrogen-bond acceptors (Lipinski definition) is 6. The van der Waals surface area contributed by atoms with E-state index in [1.54, 1.807) is 55.8 Å². The van der Waals surface area contributed by atoms with Crippen molar-refractivity contribution < 1.29 is 19.4 Å². The fourth-order valence-electron chi connectivity index (χ4n) is 4.84. The van der Waals surface area contributed by atoms with Crippen LogP contribution in [0.5, 0.6) is 11.5 Å². The molecular formula is C34H29BrClN3O5. The van der Waals surface area contributed by atoms with Gasteiger partial charge in [-0.05, 0) is 99.6 Å². The van der Waals surface area contributed by atoms with Crippen molar-refractivity contribution in [2.75, 3.05) is 7.11 Å². The molecule has 0 amide bonds. The SMILES string of the molecule is COc1cc(C)c(-c2nc3ccccc3c(=O)n2N=Cc2cc(Cl)c(OCc3cccc(C(=O)O)c3)c(Br)c2)cc1C(C)C. The van der Waals surface area contributed by atoms with Crippen LogP contribution < -0.4 is 15.0 Å². The Kier molecular flexibility index (Phi) is 9.17. The highest BCUT2D eigenvalue weighted by molar-refractivity contribution is 9.10. The number of methoxy groups -OCH3 is 1. The molecule has 0 spiro atoms. The highest BCUT2D eigenvalue weighted by Crippen LogP contribution is 2.36. The second kappa shape index (κ2) is 13.0. The Hall–Kier alpha value is -4.47. The Bertz CT molecular complexity index is 1960. The van der Waals surface area contributed by atoms with Gasteiger partial charge in [-0.1, -0.05) is 49.7 Å². The van der Waals surface area contributed by atoms with Gasteiger partial charge in [-0.25, -0.2) is 9.78 Å². The van der Waals surface area contributed by atoms with E-state index in [0.29, 0.717) is 43.1 Å². The number of carbonyl (C=O) groups is 1. The number of halogens is 2. The van der Waals surface area contributed by atoms with E-state index in [-0.39, 0.29) is 23.6 Å². The summed E-state index contributed by atoms with van der Waals surface area (Å²) in [5.41, 5.74) is 4.38. The average Bonchev–Trinajstić information content (AvgIpc) is 3.00. The molecule has 0 radical (unpaired) electrons. The van der Waals surface area contributed by atoms with Crippen LogP contribution in [0, 0.1) is 6.92 Å². The molecule has 0 bridgehead atoms.